The van der Waals surface area contributed by atoms with Crippen LogP contribution in [0.15, 0.2) is 18.2 Å². The van der Waals surface area contributed by atoms with E-state index < -0.39 is 6.09 Å². The van der Waals surface area contributed by atoms with E-state index in [-0.39, 0.29) is 10.7 Å². The summed E-state index contributed by atoms with van der Waals surface area (Å²) in [6.45, 7) is 6.94. The van der Waals surface area contributed by atoms with Crippen LogP contribution in [0.25, 0.3) is 11.5 Å². The molecule has 0 aromatic carbocycles. The quantitative estimate of drug-likeness (QED) is 0.872. The second kappa shape index (κ2) is 7.39. The second-order valence-corrected chi connectivity index (χ2v) is 6.53. The first kappa shape index (κ1) is 17.9. The molecule has 9 heteroatoms. The fraction of sp³-hybridized carbons (Fsp3) is 0.400. The first-order valence-corrected chi connectivity index (χ1v) is 7.62. The van der Waals surface area contributed by atoms with Crippen molar-refractivity contribution in [2.45, 2.75) is 20.8 Å². The van der Waals surface area contributed by atoms with Gasteiger partial charge in [0.25, 0.3) is 0 Å². The topological polar surface area (TPSA) is 102 Å². The predicted molar refractivity (Wildman–Crippen MR) is 92.0 cm³/mol. The summed E-state index contributed by atoms with van der Waals surface area (Å²) in [5.41, 5.74) is 0.508. The van der Waals surface area contributed by atoms with Crippen molar-refractivity contribution in [3.8, 4) is 11.5 Å². The van der Waals surface area contributed by atoms with Crippen molar-refractivity contribution >= 4 is 29.5 Å². The normalized spacial score (nSPS) is 11.0. The molecule has 2 heterocycles. The molecule has 0 saturated heterocycles. The van der Waals surface area contributed by atoms with Gasteiger partial charge in [-0.3, -0.25) is 5.32 Å². The van der Waals surface area contributed by atoms with Crippen LogP contribution in [-0.2, 0) is 4.74 Å². The Bertz CT molecular complexity index is 732. The lowest BCUT2D eigenvalue weighted by molar-refractivity contribution is 0.187. The van der Waals surface area contributed by atoms with Crippen LogP contribution in [0.4, 0.5) is 16.6 Å². The zero-order valence-corrected chi connectivity index (χ0v) is 14.7. The fourth-order valence-electron chi connectivity index (χ4n) is 1.67. The summed E-state index contributed by atoms with van der Waals surface area (Å²) in [5, 5.41) is 5.67. The molecule has 2 rings (SSSR count). The van der Waals surface area contributed by atoms with Crippen molar-refractivity contribution < 1.29 is 9.53 Å². The Morgan fingerprint density at radius 2 is 1.96 bits per heavy atom. The zero-order chi connectivity index (χ0) is 17.7. The van der Waals surface area contributed by atoms with E-state index in [0.717, 1.165) is 0 Å². The number of nitrogens with one attached hydrogen (secondary N) is 2. The van der Waals surface area contributed by atoms with Gasteiger partial charge in [0.1, 0.15) is 11.5 Å². The number of nitrogens with zero attached hydrogens (tertiary/aromatic N) is 4. The standard InChI is InChI=1S/C15H19ClN6O2/c1-15(2,3)8-17-13-21-11(20-12(16)22-13)9-6-5-7-10(18-9)19-14(23)24-4/h5-7H,8H2,1-4H3,(H,18,19,23)(H,17,20,21,22). The Morgan fingerprint density at radius 1 is 1.21 bits per heavy atom. The van der Waals surface area contributed by atoms with Crippen molar-refractivity contribution in [1.82, 2.24) is 19.9 Å². The molecular weight excluding hydrogens is 332 g/mol. The van der Waals surface area contributed by atoms with Crippen LogP contribution in [-0.4, -0.2) is 39.7 Å². The van der Waals surface area contributed by atoms with Crippen molar-refractivity contribution in [2.24, 2.45) is 5.41 Å². The molecular formula is C15H19ClN6O2. The van der Waals surface area contributed by atoms with Crippen LogP contribution in [0, 0.1) is 5.41 Å². The maximum absolute atomic E-state index is 11.3. The molecule has 0 atom stereocenters. The van der Waals surface area contributed by atoms with Gasteiger partial charge in [0.05, 0.1) is 7.11 Å². The SMILES string of the molecule is COC(=O)Nc1cccc(-c2nc(Cl)nc(NCC(C)(C)C)n2)n1. The average molecular weight is 351 g/mol. The summed E-state index contributed by atoms with van der Waals surface area (Å²) in [5.74, 6) is 0.994. The summed E-state index contributed by atoms with van der Waals surface area (Å²) >= 11 is 5.98. The van der Waals surface area contributed by atoms with E-state index in [2.05, 4.69) is 56.1 Å². The van der Waals surface area contributed by atoms with Crippen molar-refractivity contribution in [2.75, 3.05) is 24.3 Å². The van der Waals surface area contributed by atoms with Crippen LogP contribution in [0.1, 0.15) is 20.8 Å². The maximum atomic E-state index is 11.3. The lowest BCUT2D eigenvalue weighted by Crippen LogP contribution is -2.20. The third-order valence-corrected chi connectivity index (χ3v) is 2.95. The Labute approximate surface area is 145 Å². The number of anilines is 2. The van der Waals surface area contributed by atoms with Gasteiger partial charge in [0, 0.05) is 6.54 Å². The Balaban J connectivity index is 2.26. The average Bonchev–Trinajstić information content (AvgIpc) is 2.52. The molecule has 0 fully saturated rings. The Kier molecular flexibility index (Phi) is 5.50. The number of methoxy groups -OCH3 is 1. The number of ether oxygens (including phenoxy) is 1. The van der Waals surface area contributed by atoms with Gasteiger partial charge >= 0.3 is 6.09 Å². The van der Waals surface area contributed by atoms with Crippen LogP contribution < -0.4 is 10.6 Å². The van der Waals surface area contributed by atoms with Gasteiger partial charge < -0.3 is 10.1 Å². The number of halogens is 1. The van der Waals surface area contributed by atoms with Crippen LogP contribution in [0.2, 0.25) is 5.28 Å². The zero-order valence-electron chi connectivity index (χ0n) is 13.9. The third-order valence-electron chi connectivity index (χ3n) is 2.78. The highest BCUT2D eigenvalue weighted by Gasteiger charge is 2.13. The van der Waals surface area contributed by atoms with Gasteiger partial charge in [0.2, 0.25) is 11.2 Å². The Morgan fingerprint density at radius 3 is 2.62 bits per heavy atom. The molecule has 0 aliphatic heterocycles. The minimum absolute atomic E-state index is 0.0574. The monoisotopic (exact) mass is 350 g/mol. The minimum Gasteiger partial charge on any atom is -0.453 e. The van der Waals surface area contributed by atoms with Gasteiger partial charge in [-0.1, -0.05) is 26.8 Å². The number of rotatable bonds is 4. The van der Waals surface area contributed by atoms with E-state index in [1.807, 2.05) is 0 Å². The van der Waals surface area contributed by atoms with Gasteiger partial charge in [-0.15, -0.1) is 0 Å². The summed E-state index contributed by atoms with van der Waals surface area (Å²) in [4.78, 5) is 28.0. The van der Waals surface area contributed by atoms with Gasteiger partial charge in [-0.2, -0.15) is 15.0 Å². The molecule has 1 amide bonds. The largest absolute Gasteiger partial charge is 0.453 e. The first-order valence-electron chi connectivity index (χ1n) is 7.25. The summed E-state index contributed by atoms with van der Waals surface area (Å²) in [7, 11) is 1.28. The molecule has 2 aromatic heterocycles. The summed E-state index contributed by atoms with van der Waals surface area (Å²) < 4.78 is 4.54. The highest BCUT2D eigenvalue weighted by atomic mass is 35.5. The number of pyridine rings is 1. The molecule has 2 aromatic rings. The maximum Gasteiger partial charge on any atom is 0.412 e. The molecule has 24 heavy (non-hydrogen) atoms. The van der Waals surface area contributed by atoms with E-state index in [1.54, 1.807) is 18.2 Å². The smallest absolute Gasteiger partial charge is 0.412 e. The molecule has 0 bridgehead atoms. The second-order valence-electron chi connectivity index (χ2n) is 6.19. The van der Waals surface area contributed by atoms with E-state index in [4.69, 9.17) is 11.6 Å². The molecule has 0 aliphatic carbocycles. The third kappa shape index (κ3) is 5.31. The molecule has 0 spiro atoms. The van der Waals surface area contributed by atoms with E-state index >= 15 is 0 Å². The van der Waals surface area contributed by atoms with E-state index in [9.17, 15) is 4.79 Å². The van der Waals surface area contributed by atoms with Crippen LogP contribution >= 0.6 is 11.6 Å². The number of hydrogen-bond donors (Lipinski definition) is 2. The first-order chi connectivity index (χ1) is 11.3. The highest BCUT2D eigenvalue weighted by molar-refractivity contribution is 6.28. The molecule has 0 saturated carbocycles. The number of hydrogen-bond acceptors (Lipinski definition) is 7. The summed E-state index contributed by atoms with van der Waals surface area (Å²) in [6, 6.07) is 5.05. The number of carbonyl (C=O) groups excluding carboxylic acids is 1. The summed E-state index contributed by atoms with van der Waals surface area (Å²) in [6.07, 6.45) is -0.610. The molecule has 0 aliphatic rings. The molecule has 2 N–H and O–H groups in total. The number of carbonyl (C=O) groups is 1. The van der Waals surface area contributed by atoms with Gasteiger partial charge in [0.15, 0.2) is 5.82 Å². The van der Waals surface area contributed by atoms with Crippen molar-refractivity contribution in [1.29, 1.82) is 0 Å². The Hall–Kier alpha value is -2.48. The minimum atomic E-state index is -0.610. The van der Waals surface area contributed by atoms with E-state index in [0.29, 0.717) is 29.8 Å². The van der Waals surface area contributed by atoms with Crippen LogP contribution in [0.5, 0.6) is 0 Å². The fourth-order valence-corrected chi connectivity index (χ4v) is 1.83. The van der Waals surface area contributed by atoms with Crippen molar-refractivity contribution in [3.63, 3.8) is 0 Å². The van der Waals surface area contributed by atoms with Crippen LogP contribution in [0.3, 0.4) is 0 Å². The van der Waals surface area contributed by atoms with E-state index in [1.165, 1.54) is 7.11 Å². The molecule has 128 valence electrons. The van der Waals surface area contributed by atoms with Gasteiger partial charge in [-0.05, 0) is 29.1 Å². The lowest BCUT2D eigenvalue weighted by Gasteiger charge is -2.18. The number of amides is 1. The lowest BCUT2D eigenvalue weighted by atomic mass is 9.97. The van der Waals surface area contributed by atoms with Gasteiger partial charge in [-0.25, -0.2) is 9.78 Å². The highest BCUT2D eigenvalue weighted by Crippen LogP contribution is 2.19. The number of aromatic nitrogens is 4. The van der Waals surface area contributed by atoms with Crippen molar-refractivity contribution in [3.05, 3.63) is 23.5 Å². The molecule has 0 unspecified atom stereocenters. The molecule has 0 radical (unpaired) electrons. The predicted octanol–water partition coefficient (Wildman–Crippen LogP) is 3.22. The molecule has 8 nitrogen and oxygen atoms in total.